The Morgan fingerprint density at radius 1 is 1.00 bits per heavy atom. The van der Waals surface area contributed by atoms with E-state index in [0.29, 0.717) is 6.04 Å². The summed E-state index contributed by atoms with van der Waals surface area (Å²) < 4.78 is 0. The summed E-state index contributed by atoms with van der Waals surface area (Å²) >= 11 is 1.98. The fourth-order valence-corrected chi connectivity index (χ4v) is 3.37. The van der Waals surface area contributed by atoms with Gasteiger partial charge in [-0.05, 0) is 32.0 Å². The number of hydrogen-bond acceptors (Lipinski definition) is 2. The normalized spacial score (nSPS) is 12.3. The van der Waals surface area contributed by atoms with Crippen LogP contribution in [0, 0.1) is 13.8 Å². The molecule has 2 heteroatoms. The monoisotopic (exact) mass is 285 g/mol. The molecule has 1 atom stereocenters. The Kier molecular flexibility index (Phi) is 5.69. The van der Waals surface area contributed by atoms with E-state index in [4.69, 9.17) is 0 Å². The van der Waals surface area contributed by atoms with Crippen LogP contribution < -0.4 is 5.32 Å². The third kappa shape index (κ3) is 4.39. The zero-order valence-electron chi connectivity index (χ0n) is 12.5. The maximum Gasteiger partial charge on any atom is 0.0409 e. The molecule has 2 aromatic carbocycles. The van der Waals surface area contributed by atoms with Crippen molar-refractivity contribution in [2.24, 2.45) is 0 Å². The maximum absolute atomic E-state index is 3.41. The van der Waals surface area contributed by atoms with E-state index < -0.39 is 0 Å². The van der Waals surface area contributed by atoms with Gasteiger partial charge in [0.1, 0.15) is 0 Å². The summed E-state index contributed by atoms with van der Waals surface area (Å²) in [4.78, 5) is 0. The van der Waals surface area contributed by atoms with E-state index in [9.17, 15) is 0 Å². The molecule has 0 saturated heterocycles. The first-order valence-electron chi connectivity index (χ1n) is 7.06. The van der Waals surface area contributed by atoms with Crippen molar-refractivity contribution in [2.75, 3.05) is 12.8 Å². The van der Waals surface area contributed by atoms with Crippen LogP contribution in [0.5, 0.6) is 0 Å². The second kappa shape index (κ2) is 7.51. The third-order valence-corrected chi connectivity index (χ3v) is 4.57. The van der Waals surface area contributed by atoms with E-state index in [-0.39, 0.29) is 0 Å². The fraction of sp³-hybridized carbons (Fsp3) is 0.333. The molecule has 1 unspecified atom stereocenters. The van der Waals surface area contributed by atoms with Gasteiger partial charge in [-0.1, -0.05) is 59.7 Å². The standard InChI is InChI=1S/C18H23NS/c1-14-7-9-17(10-8-14)18(19-3)13-20-12-16-6-4-5-15(2)11-16/h4-11,18-19H,12-13H2,1-3H3. The van der Waals surface area contributed by atoms with Gasteiger partial charge in [-0.2, -0.15) is 11.8 Å². The molecule has 1 N–H and O–H groups in total. The molecule has 0 heterocycles. The summed E-state index contributed by atoms with van der Waals surface area (Å²) in [5.74, 6) is 2.17. The van der Waals surface area contributed by atoms with Gasteiger partial charge in [0, 0.05) is 17.5 Å². The summed E-state index contributed by atoms with van der Waals surface area (Å²) in [5.41, 5.74) is 5.44. The summed E-state index contributed by atoms with van der Waals surface area (Å²) in [6, 6.07) is 18.0. The summed E-state index contributed by atoms with van der Waals surface area (Å²) in [5, 5.41) is 3.41. The van der Waals surface area contributed by atoms with Crippen molar-refractivity contribution in [3.05, 3.63) is 70.8 Å². The average molecular weight is 285 g/mol. The first-order valence-corrected chi connectivity index (χ1v) is 8.21. The van der Waals surface area contributed by atoms with Crippen molar-refractivity contribution >= 4 is 11.8 Å². The number of aryl methyl sites for hydroxylation is 2. The largest absolute Gasteiger partial charge is 0.312 e. The minimum Gasteiger partial charge on any atom is -0.312 e. The lowest BCUT2D eigenvalue weighted by Gasteiger charge is -2.16. The topological polar surface area (TPSA) is 12.0 Å². The Morgan fingerprint density at radius 3 is 2.40 bits per heavy atom. The Hall–Kier alpha value is -1.25. The highest BCUT2D eigenvalue weighted by Crippen LogP contribution is 2.21. The Morgan fingerprint density at radius 2 is 1.75 bits per heavy atom. The fourth-order valence-electron chi connectivity index (χ4n) is 2.24. The molecule has 106 valence electrons. The SMILES string of the molecule is CNC(CSCc1cccc(C)c1)c1ccc(C)cc1. The zero-order valence-corrected chi connectivity index (χ0v) is 13.3. The van der Waals surface area contributed by atoms with Crippen LogP contribution in [-0.2, 0) is 5.75 Å². The van der Waals surface area contributed by atoms with Crippen molar-refractivity contribution in [2.45, 2.75) is 25.6 Å². The van der Waals surface area contributed by atoms with E-state index >= 15 is 0 Å². The number of thioether (sulfide) groups is 1. The van der Waals surface area contributed by atoms with E-state index in [1.165, 1.54) is 22.3 Å². The van der Waals surface area contributed by atoms with Crippen LogP contribution in [-0.4, -0.2) is 12.8 Å². The molecule has 0 aliphatic heterocycles. The minimum atomic E-state index is 0.422. The van der Waals surface area contributed by atoms with Crippen LogP contribution in [0.3, 0.4) is 0 Å². The van der Waals surface area contributed by atoms with Gasteiger partial charge >= 0.3 is 0 Å². The molecular formula is C18H23NS. The summed E-state index contributed by atoms with van der Waals surface area (Å²) in [6.07, 6.45) is 0. The lowest BCUT2D eigenvalue weighted by atomic mass is 10.1. The third-order valence-electron chi connectivity index (χ3n) is 3.46. The predicted molar refractivity (Wildman–Crippen MR) is 90.3 cm³/mol. The Balaban J connectivity index is 1.89. The quantitative estimate of drug-likeness (QED) is 0.839. The van der Waals surface area contributed by atoms with Gasteiger partial charge in [0.15, 0.2) is 0 Å². The van der Waals surface area contributed by atoms with E-state index in [2.05, 4.69) is 67.7 Å². The van der Waals surface area contributed by atoms with Crippen molar-refractivity contribution < 1.29 is 0 Å². The molecule has 0 aliphatic carbocycles. The number of rotatable bonds is 6. The number of hydrogen-bond donors (Lipinski definition) is 1. The molecule has 0 spiro atoms. The Bertz CT molecular complexity index is 533. The van der Waals surface area contributed by atoms with E-state index in [0.717, 1.165) is 11.5 Å². The Labute approximate surface area is 126 Å². The molecule has 0 aromatic heterocycles. The molecular weight excluding hydrogens is 262 g/mol. The first-order chi connectivity index (χ1) is 9.69. The van der Waals surface area contributed by atoms with Crippen molar-refractivity contribution in [1.29, 1.82) is 0 Å². The number of benzene rings is 2. The molecule has 0 saturated carbocycles. The van der Waals surface area contributed by atoms with Gasteiger partial charge in [-0.25, -0.2) is 0 Å². The first kappa shape index (κ1) is 15.1. The smallest absolute Gasteiger partial charge is 0.0409 e. The van der Waals surface area contributed by atoms with E-state index in [1.54, 1.807) is 0 Å². The van der Waals surface area contributed by atoms with Crippen LogP contribution >= 0.6 is 11.8 Å². The number of nitrogens with one attached hydrogen (secondary N) is 1. The highest BCUT2D eigenvalue weighted by Gasteiger charge is 2.08. The maximum atomic E-state index is 3.41. The molecule has 2 aromatic rings. The molecule has 0 aliphatic rings. The van der Waals surface area contributed by atoms with Gasteiger partial charge in [-0.15, -0.1) is 0 Å². The second-order valence-electron chi connectivity index (χ2n) is 5.26. The lowest BCUT2D eigenvalue weighted by Crippen LogP contribution is -2.18. The highest BCUT2D eigenvalue weighted by molar-refractivity contribution is 7.98. The molecule has 0 bridgehead atoms. The van der Waals surface area contributed by atoms with Crippen molar-refractivity contribution in [1.82, 2.24) is 5.32 Å². The van der Waals surface area contributed by atoms with Crippen molar-refractivity contribution in [3.63, 3.8) is 0 Å². The van der Waals surface area contributed by atoms with Gasteiger partial charge in [0.2, 0.25) is 0 Å². The zero-order chi connectivity index (χ0) is 14.4. The van der Waals surface area contributed by atoms with Gasteiger partial charge in [-0.3, -0.25) is 0 Å². The van der Waals surface area contributed by atoms with Gasteiger partial charge in [0.05, 0.1) is 0 Å². The molecule has 20 heavy (non-hydrogen) atoms. The lowest BCUT2D eigenvalue weighted by molar-refractivity contribution is 0.661. The summed E-state index contributed by atoms with van der Waals surface area (Å²) in [6.45, 7) is 4.28. The van der Waals surface area contributed by atoms with Crippen LogP contribution in [0.4, 0.5) is 0 Å². The molecule has 0 amide bonds. The van der Waals surface area contributed by atoms with E-state index in [1.807, 2.05) is 18.8 Å². The highest BCUT2D eigenvalue weighted by atomic mass is 32.2. The van der Waals surface area contributed by atoms with Crippen LogP contribution in [0.15, 0.2) is 48.5 Å². The molecule has 1 nitrogen and oxygen atoms in total. The van der Waals surface area contributed by atoms with Gasteiger partial charge in [0.25, 0.3) is 0 Å². The van der Waals surface area contributed by atoms with Crippen molar-refractivity contribution in [3.8, 4) is 0 Å². The van der Waals surface area contributed by atoms with Crippen LogP contribution in [0.2, 0.25) is 0 Å². The summed E-state index contributed by atoms with van der Waals surface area (Å²) in [7, 11) is 2.04. The van der Waals surface area contributed by atoms with Crippen LogP contribution in [0.1, 0.15) is 28.3 Å². The molecule has 0 fully saturated rings. The molecule has 0 radical (unpaired) electrons. The second-order valence-corrected chi connectivity index (χ2v) is 6.29. The predicted octanol–water partition coefficient (Wildman–Crippen LogP) is 4.50. The van der Waals surface area contributed by atoms with Crippen LogP contribution in [0.25, 0.3) is 0 Å². The minimum absolute atomic E-state index is 0.422. The van der Waals surface area contributed by atoms with Gasteiger partial charge < -0.3 is 5.32 Å². The molecule has 2 rings (SSSR count). The average Bonchev–Trinajstić information content (AvgIpc) is 2.45.